The first-order valence-electron chi connectivity index (χ1n) is 8.83. The molecule has 0 bridgehead atoms. The van der Waals surface area contributed by atoms with Gasteiger partial charge >= 0.3 is 0 Å². The van der Waals surface area contributed by atoms with Crippen LogP contribution in [0.3, 0.4) is 0 Å². The number of rotatable bonds is 5. The number of hydrogen-bond acceptors (Lipinski definition) is 4. The lowest BCUT2D eigenvalue weighted by atomic mass is 10.1. The second-order valence-corrected chi connectivity index (χ2v) is 8.79. The van der Waals surface area contributed by atoms with Gasteiger partial charge in [0.25, 0.3) is 0 Å². The first kappa shape index (κ1) is 17.7. The first-order chi connectivity index (χ1) is 11.4. The van der Waals surface area contributed by atoms with Gasteiger partial charge in [-0.25, -0.2) is 8.42 Å². The molecule has 0 saturated carbocycles. The number of sulfonamides is 1. The molecule has 2 saturated heterocycles. The van der Waals surface area contributed by atoms with E-state index in [1.54, 1.807) is 23.5 Å². The van der Waals surface area contributed by atoms with Crippen LogP contribution in [0.4, 0.5) is 0 Å². The summed E-state index contributed by atoms with van der Waals surface area (Å²) >= 11 is 0. The van der Waals surface area contributed by atoms with Gasteiger partial charge in [0, 0.05) is 19.1 Å². The Balaban J connectivity index is 1.87. The second kappa shape index (κ2) is 7.02. The van der Waals surface area contributed by atoms with E-state index in [0.29, 0.717) is 11.4 Å². The first-order valence-corrected chi connectivity index (χ1v) is 10.3. The zero-order valence-corrected chi connectivity index (χ0v) is 15.7. The van der Waals surface area contributed by atoms with Gasteiger partial charge in [-0.15, -0.1) is 0 Å². The highest BCUT2D eigenvalue weighted by Gasteiger charge is 2.37. The molecule has 0 aliphatic carbocycles. The maximum Gasteiger partial charge on any atom is 0.243 e. The fourth-order valence-electron chi connectivity index (χ4n) is 3.97. The number of likely N-dealkylation sites (tertiary alicyclic amines) is 1. The van der Waals surface area contributed by atoms with Crippen molar-refractivity contribution in [1.82, 2.24) is 9.21 Å². The molecule has 2 aliphatic rings. The molecule has 2 aliphatic heterocycles. The van der Waals surface area contributed by atoms with E-state index in [1.165, 1.54) is 12.8 Å². The van der Waals surface area contributed by atoms with Gasteiger partial charge in [-0.3, -0.25) is 0 Å². The summed E-state index contributed by atoms with van der Waals surface area (Å²) < 4.78 is 33.6. The van der Waals surface area contributed by atoms with E-state index >= 15 is 0 Å². The molecule has 0 N–H and O–H groups in total. The van der Waals surface area contributed by atoms with Crippen LogP contribution in [-0.4, -0.2) is 57.0 Å². The molecular formula is C18H28N2O3S. The summed E-state index contributed by atoms with van der Waals surface area (Å²) in [7, 11) is -1.84. The molecule has 1 unspecified atom stereocenters. The minimum atomic E-state index is -3.46. The molecule has 134 valence electrons. The van der Waals surface area contributed by atoms with Crippen LogP contribution in [0.2, 0.25) is 0 Å². The Kier molecular flexibility index (Phi) is 5.18. The van der Waals surface area contributed by atoms with E-state index in [-0.39, 0.29) is 6.04 Å². The smallest absolute Gasteiger partial charge is 0.243 e. The number of benzene rings is 1. The minimum Gasteiger partial charge on any atom is -0.496 e. The van der Waals surface area contributed by atoms with Crippen LogP contribution in [0.5, 0.6) is 5.75 Å². The van der Waals surface area contributed by atoms with Crippen LogP contribution in [0.25, 0.3) is 0 Å². The van der Waals surface area contributed by atoms with Crippen molar-refractivity contribution in [3.63, 3.8) is 0 Å². The molecule has 1 aromatic carbocycles. The van der Waals surface area contributed by atoms with Crippen molar-refractivity contribution < 1.29 is 13.2 Å². The molecule has 2 fully saturated rings. The molecule has 24 heavy (non-hydrogen) atoms. The topological polar surface area (TPSA) is 49.9 Å². The van der Waals surface area contributed by atoms with Crippen LogP contribution >= 0.6 is 0 Å². The standard InChI is InChI=1S/C18H28N2O3S/c1-14-15(2)18(9-8-17(14)23-3)24(21,22)20-12-6-7-16(20)13-19-10-4-5-11-19/h8-9,16H,4-7,10-13H2,1-3H3. The molecule has 6 heteroatoms. The van der Waals surface area contributed by atoms with E-state index in [4.69, 9.17) is 4.74 Å². The Morgan fingerprint density at radius 3 is 2.46 bits per heavy atom. The molecule has 2 heterocycles. The summed E-state index contributed by atoms with van der Waals surface area (Å²) in [6, 6.07) is 3.57. The molecule has 1 aromatic rings. The van der Waals surface area contributed by atoms with E-state index in [1.807, 2.05) is 13.8 Å². The third-order valence-electron chi connectivity index (χ3n) is 5.49. The zero-order chi connectivity index (χ0) is 17.3. The van der Waals surface area contributed by atoms with Gasteiger partial charge in [0.05, 0.1) is 12.0 Å². The van der Waals surface area contributed by atoms with Crippen LogP contribution in [0, 0.1) is 13.8 Å². The molecule has 0 radical (unpaired) electrons. The Morgan fingerprint density at radius 2 is 1.79 bits per heavy atom. The number of ether oxygens (including phenoxy) is 1. The zero-order valence-electron chi connectivity index (χ0n) is 14.9. The lowest BCUT2D eigenvalue weighted by Gasteiger charge is -2.28. The molecule has 3 rings (SSSR count). The maximum absolute atomic E-state index is 13.3. The van der Waals surface area contributed by atoms with Gasteiger partial charge in [-0.2, -0.15) is 4.31 Å². The van der Waals surface area contributed by atoms with Crippen molar-refractivity contribution in [2.45, 2.75) is 50.5 Å². The van der Waals surface area contributed by atoms with Crippen molar-refractivity contribution in [3.05, 3.63) is 23.3 Å². The Hall–Kier alpha value is -1.11. The molecule has 0 aromatic heterocycles. The summed E-state index contributed by atoms with van der Waals surface area (Å²) in [5.41, 5.74) is 1.69. The number of methoxy groups -OCH3 is 1. The molecule has 5 nitrogen and oxygen atoms in total. The highest BCUT2D eigenvalue weighted by atomic mass is 32.2. The Labute approximate surface area is 145 Å². The second-order valence-electron chi connectivity index (χ2n) is 6.94. The van der Waals surface area contributed by atoms with Crippen LogP contribution < -0.4 is 4.74 Å². The van der Waals surface area contributed by atoms with Gasteiger partial charge in [0.15, 0.2) is 0 Å². The van der Waals surface area contributed by atoms with Crippen molar-refractivity contribution >= 4 is 10.0 Å². The summed E-state index contributed by atoms with van der Waals surface area (Å²) in [4.78, 5) is 2.83. The van der Waals surface area contributed by atoms with Crippen molar-refractivity contribution in [1.29, 1.82) is 0 Å². The maximum atomic E-state index is 13.3. The van der Waals surface area contributed by atoms with Crippen LogP contribution in [0.15, 0.2) is 17.0 Å². The van der Waals surface area contributed by atoms with E-state index in [9.17, 15) is 8.42 Å². The van der Waals surface area contributed by atoms with Crippen LogP contribution in [0.1, 0.15) is 36.8 Å². The quantitative estimate of drug-likeness (QED) is 0.817. The van der Waals surface area contributed by atoms with Gasteiger partial charge in [0.2, 0.25) is 10.0 Å². The summed E-state index contributed by atoms with van der Waals surface area (Å²) in [6.07, 6.45) is 4.38. The average Bonchev–Trinajstić information content (AvgIpc) is 3.22. The SMILES string of the molecule is COc1ccc(S(=O)(=O)N2CCCC2CN2CCCC2)c(C)c1C. The van der Waals surface area contributed by atoms with E-state index in [0.717, 1.165) is 49.4 Å². The van der Waals surface area contributed by atoms with Crippen LogP contribution in [-0.2, 0) is 10.0 Å². The largest absolute Gasteiger partial charge is 0.496 e. The summed E-state index contributed by atoms with van der Waals surface area (Å²) in [5.74, 6) is 0.737. The van der Waals surface area contributed by atoms with Gasteiger partial charge in [-0.1, -0.05) is 0 Å². The number of hydrogen-bond donors (Lipinski definition) is 0. The Morgan fingerprint density at radius 1 is 1.08 bits per heavy atom. The summed E-state index contributed by atoms with van der Waals surface area (Å²) in [6.45, 7) is 7.49. The molecule has 0 amide bonds. The van der Waals surface area contributed by atoms with E-state index < -0.39 is 10.0 Å². The monoisotopic (exact) mass is 352 g/mol. The molecular weight excluding hydrogens is 324 g/mol. The predicted molar refractivity (Wildman–Crippen MR) is 95.1 cm³/mol. The lowest BCUT2D eigenvalue weighted by Crippen LogP contribution is -2.42. The summed E-state index contributed by atoms with van der Waals surface area (Å²) in [5, 5.41) is 0. The third kappa shape index (κ3) is 3.19. The van der Waals surface area contributed by atoms with E-state index in [2.05, 4.69) is 4.90 Å². The molecule has 0 spiro atoms. The average molecular weight is 353 g/mol. The van der Waals surface area contributed by atoms with Gasteiger partial charge in [0.1, 0.15) is 5.75 Å². The Bertz CT molecular complexity index is 696. The normalized spacial score (nSPS) is 23.0. The minimum absolute atomic E-state index is 0.106. The van der Waals surface area contributed by atoms with Crippen molar-refractivity contribution in [2.75, 3.05) is 33.3 Å². The van der Waals surface area contributed by atoms with Gasteiger partial charge in [-0.05, 0) is 75.9 Å². The van der Waals surface area contributed by atoms with Gasteiger partial charge < -0.3 is 9.64 Å². The highest BCUT2D eigenvalue weighted by molar-refractivity contribution is 7.89. The fourth-order valence-corrected chi connectivity index (χ4v) is 5.94. The fraction of sp³-hybridized carbons (Fsp3) is 0.667. The number of nitrogens with zero attached hydrogens (tertiary/aromatic N) is 2. The highest BCUT2D eigenvalue weighted by Crippen LogP contribution is 2.32. The van der Waals surface area contributed by atoms with Crippen molar-refractivity contribution in [3.8, 4) is 5.75 Å². The predicted octanol–water partition coefficient (Wildman–Crippen LogP) is 2.56. The molecule has 1 atom stereocenters. The third-order valence-corrected chi connectivity index (χ3v) is 7.58. The lowest BCUT2D eigenvalue weighted by molar-refractivity contribution is 0.257. The van der Waals surface area contributed by atoms with Crippen molar-refractivity contribution in [2.24, 2.45) is 0 Å².